The molecule has 4 aromatic rings. The molecule has 0 radical (unpaired) electrons. The van der Waals surface area contributed by atoms with E-state index in [1.807, 2.05) is 48.5 Å². The van der Waals surface area contributed by atoms with E-state index in [0.29, 0.717) is 21.5 Å². The molecule has 0 aliphatic carbocycles. The van der Waals surface area contributed by atoms with Gasteiger partial charge in [-0.1, -0.05) is 24.3 Å². The van der Waals surface area contributed by atoms with Crippen molar-refractivity contribution in [1.82, 2.24) is 20.4 Å². The second-order valence-electron chi connectivity index (χ2n) is 6.71. The fourth-order valence-corrected chi connectivity index (χ4v) is 3.11. The number of aryl methyl sites for hydroxylation is 4. The first-order valence-electron chi connectivity index (χ1n) is 9.90. The molecule has 0 atom stereocenters. The molecule has 0 amide bonds. The molecule has 0 aliphatic heterocycles. The van der Waals surface area contributed by atoms with Crippen molar-refractivity contribution in [2.24, 2.45) is 0 Å². The summed E-state index contributed by atoms with van der Waals surface area (Å²) in [7, 11) is 3.31. The first kappa shape index (κ1) is 23.4. The van der Waals surface area contributed by atoms with Gasteiger partial charge in [-0.05, 0) is 72.7 Å². The van der Waals surface area contributed by atoms with Crippen LogP contribution in [-0.4, -0.2) is 34.6 Å². The van der Waals surface area contributed by atoms with E-state index in [1.54, 1.807) is 14.2 Å². The SMILES string of the molecule is COc1ccc(CCc2n[nH]c(=S)o2)cc1.COc1ccc(CCc2n[nH]c(=S)o2)cc1. The maximum Gasteiger partial charge on any atom is 0.284 e. The van der Waals surface area contributed by atoms with E-state index in [2.05, 4.69) is 20.4 Å². The summed E-state index contributed by atoms with van der Waals surface area (Å²) in [6, 6.07) is 15.9. The van der Waals surface area contributed by atoms with Crippen molar-refractivity contribution in [3.8, 4) is 11.5 Å². The monoisotopic (exact) mass is 472 g/mol. The van der Waals surface area contributed by atoms with Gasteiger partial charge in [-0.3, -0.25) is 0 Å². The van der Waals surface area contributed by atoms with Gasteiger partial charge in [-0.15, -0.1) is 10.2 Å². The first-order chi connectivity index (χ1) is 15.6. The number of rotatable bonds is 8. The third-order valence-corrected chi connectivity index (χ3v) is 4.89. The number of nitrogens with zero attached hydrogens (tertiary/aromatic N) is 2. The summed E-state index contributed by atoms with van der Waals surface area (Å²) in [5.74, 6) is 3.00. The number of nitrogens with one attached hydrogen (secondary N) is 2. The molecule has 0 fully saturated rings. The summed E-state index contributed by atoms with van der Waals surface area (Å²) in [4.78, 5) is 0.648. The smallest absolute Gasteiger partial charge is 0.284 e. The van der Waals surface area contributed by atoms with Crippen LogP contribution in [0.15, 0.2) is 57.4 Å². The number of hydrogen-bond acceptors (Lipinski definition) is 8. The van der Waals surface area contributed by atoms with Crippen molar-refractivity contribution in [3.63, 3.8) is 0 Å². The minimum Gasteiger partial charge on any atom is -0.497 e. The number of aromatic nitrogens is 4. The summed E-state index contributed by atoms with van der Waals surface area (Å²) < 4.78 is 20.5. The lowest BCUT2D eigenvalue weighted by molar-refractivity contribution is 0.414. The van der Waals surface area contributed by atoms with Crippen LogP contribution < -0.4 is 9.47 Å². The molecule has 0 unspecified atom stereocenters. The Bertz CT molecular complexity index is 1100. The lowest BCUT2D eigenvalue weighted by Crippen LogP contribution is -1.92. The normalized spacial score (nSPS) is 10.3. The predicted octanol–water partition coefficient (Wildman–Crippen LogP) is 5.05. The largest absolute Gasteiger partial charge is 0.497 e. The predicted molar refractivity (Wildman–Crippen MR) is 124 cm³/mol. The molecule has 2 heterocycles. The van der Waals surface area contributed by atoms with E-state index in [4.69, 9.17) is 42.7 Å². The van der Waals surface area contributed by atoms with Crippen LogP contribution in [0.3, 0.4) is 0 Å². The summed E-state index contributed by atoms with van der Waals surface area (Å²) in [5, 5.41) is 13.1. The molecule has 0 spiro atoms. The number of hydrogen-bond donors (Lipinski definition) is 2. The molecular weight excluding hydrogens is 448 g/mol. The lowest BCUT2D eigenvalue weighted by Gasteiger charge is -2.01. The van der Waals surface area contributed by atoms with E-state index in [9.17, 15) is 0 Å². The molecule has 32 heavy (non-hydrogen) atoms. The molecule has 2 N–H and O–H groups in total. The Morgan fingerprint density at radius 1 is 0.656 bits per heavy atom. The molecule has 4 rings (SSSR count). The third-order valence-electron chi connectivity index (χ3n) is 4.54. The molecule has 0 bridgehead atoms. The topological polar surface area (TPSA) is 102 Å². The molecular formula is C22H24N4O4S2. The molecule has 168 valence electrons. The highest BCUT2D eigenvalue weighted by Crippen LogP contribution is 2.14. The van der Waals surface area contributed by atoms with Crippen molar-refractivity contribution >= 4 is 24.4 Å². The van der Waals surface area contributed by atoms with Crippen molar-refractivity contribution in [1.29, 1.82) is 0 Å². The Kier molecular flexibility index (Phi) is 8.76. The van der Waals surface area contributed by atoms with Crippen molar-refractivity contribution in [2.45, 2.75) is 25.7 Å². The van der Waals surface area contributed by atoms with Gasteiger partial charge in [0, 0.05) is 12.8 Å². The van der Waals surface area contributed by atoms with E-state index >= 15 is 0 Å². The number of ether oxygens (including phenoxy) is 2. The summed E-state index contributed by atoms with van der Waals surface area (Å²) >= 11 is 9.59. The molecule has 0 saturated heterocycles. The molecule has 0 aliphatic rings. The Hall–Kier alpha value is -3.24. The second-order valence-corrected chi connectivity index (χ2v) is 7.45. The molecule has 0 saturated carbocycles. The minimum absolute atomic E-state index is 0.324. The van der Waals surface area contributed by atoms with Gasteiger partial charge in [0.05, 0.1) is 14.2 Å². The highest BCUT2D eigenvalue weighted by Gasteiger charge is 2.02. The second kappa shape index (κ2) is 12.0. The number of benzene rings is 2. The summed E-state index contributed by atoms with van der Waals surface area (Å²) in [6.45, 7) is 0. The fraction of sp³-hybridized carbons (Fsp3) is 0.273. The number of methoxy groups -OCH3 is 2. The standard InChI is InChI=1S/2C11H12N2O2S/c2*1-14-9-5-2-8(3-6-9)4-7-10-12-13-11(16)15-10/h2*2-3,5-6H,4,7H2,1H3,(H,13,16). The van der Waals surface area contributed by atoms with E-state index in [-0.39, 0.29) is 0 Å². The highest BCUT2D eigenvalue weighted by molar-refractivity contribution is 7.71. The highest BCUT2D eigenvalue weighted by atomic mass is 32.1. The maximum atomic E-state index is 5.17. The first-order valence-corrected chi connectivity index (χ1v) is 10.7. The Morgan fingerprint density at radius 2 is 1.03 bits per heavy atom. The van der Waals surface area contributed by atoms with Gasteiger partial charge in [0.2, 0.25) is 11.8 Å². The van der Waals surface area contributed by atoms with Gasteiger partial charge < -0.3 is 18.3 Å². The molecule has 8 nitrogen and oxygen atoms in total. The fourth-order valence-electron chi connectivity index (χ4n) is 2.82. The van der Waals surface area contributed by atoms with Crippen LogP contribution in [0.1, 0.15) is 22.9 Å². The maximum absolute atomic E-state index is 5.17. The minimum atomic E-state index is 0.324. The summed E-state index contributed by atoms with van der Waals surface area (Å²) in [6.07, 6.45) is 3.21. The van der Waals surface area contributed by atoms with Gasteiger partial charge in [0.15, 0.2) is 0 Å². The van der Waals surface area contributed by atoms with Crippen molar-refractivity contribution in [2.75, 3.05) is 14.2 Å². The zero-order valence-electron chi connectivity index (χ0n) is 17.8. The summed E-state index contributed by atoms with van der Waals surface area (Å²) in [5.41, 5.74) is 2.43. The van der Waals surface area contributed by atoms with Gasteiger partial charge in [0.1, 0.15) is 11.5 Å². The average molecular weight is 473 g/mol. The Balaban J connectivity index is 0.000000181. The van der Waals surface area contributed by atoms with Crippen LogP contribution in [0.5, 0.6) is 11.5 Å². The van der Waals surface area contributed by atoms with Crippen LogP contribution in [-0.2, 0) is 25.7 Å². The van der Waals surface area contributed by atoms with E-state index in [1.165, 1.54) is 11.1 Å². The Labute approximate surface area is 195 Å². The third kappa shape index (κ3) is 7.47. The van der Waals surface area contributed by atoms with Gasteiger partial charge in [-0.2, -0.15) is 0 Å². The average Bonchev–Trinajstić information content (AvgIpc) is 3.45. The van der Waals surface area contributed by atoms with E-state index in [0.717, 1.165) is 37.2 Å². The van der Waals surface area contributed by atoms with Crippen LogP contribution in [0, 0.1) is 9.67 Å². The van der Waals surface area contributed by atoms with E-state index < -0.39 is 0 Å². The quantitative estimate of drug-likeness (QED) is 0.344. The molecule has 10 heteroatoms. The Morgan fingerprint density at radius 3 is 1.31 bits per heavy atom. The van der Waals surface area contributed by atoms with Crippen LogP contribution in [0.25, 0.3) is 0 Å². The van der Waals surface area contributed by atoms with Gasteiger partial charge in [-0.25, -0.2) is 10.2 Å². The molecule has 2 aromatic carbocycles. The van der Waals surface area contributed by atoms with Gasteiger partial charge >= 0.3 is 0 Å². The molecule has 2 aromatic heterocycles. The van der Waals surface area contributed by atoms with Crippen molar-refractivity contribution in [3.05, 3.63) is 81.1 Å². The number of H-pyrrole nitrogens is 2. The van der Waals surface area contributed by atoms with Gasteiger partial charge in [0.25, 0.3) is 9.67 Å². The van der Waals surface area contributed by atoms with Crippen molar-refractivity contribution < 1.29 is 18.3 Å². The lowest BCUT2D eigenvalue weighted by atomic mass is 10.1. The van der Waals surface area contributed by atoms with Crippen LogP contribution in [0.2, 0.25) is 0 Å². The zero-order valence-corrected chi connectivity index (χ0v) is 19.4. The van der Waals surface area contributed by atoms with Crippen LogP contribution in [0.4, 0.5) is 0 Å². The number of aromatic amines is 2. The zero-order chi connectivity index (χ0) is 22.8. The van der Waals surface area contributed by atoms with Crippen LogP contribution >= 0.6 is 24.4 Å².